The highest BCUT2D eigenvalue weighted by Crippen LogP contribution is 2.47. The molecule has 6 rings (SSSR count). The van der Waals surface area contributed by atoms with Gasteiger partial charge in [-0.25, -0.2) is 4.39 Å². The van der Waals surface area contributed by atoms with Gasteiger partial charge in [0.05, 0.1) is 11.6 Å². The molecule has 0 spiro atoms. The average molecular weight is 364 g/mol. The van der Waals surface area contributed by atoms with Crippen LogP contribution in [0.15, 0.2) is 48.5 Å². The maximum atomic E-state index is 14.3. The van der Waals surface area contributed by atoms with Crippen LogP contribution in [0.25, 0.3) is 0 Å². The molecular weight excluding hydrogens is 339 g/mol. The van der Waals surface area contributed by atoms with Gasteiger partial charge in [-0.05, 0) is 56.5 Å². The molecule has 0 unspecified atom stereocenters. The lowest BCUT2D eigenvalue weighted by Crippen LogP contribution is -2.60. The highest BCUT2D eigenvalue weighted by molar-refractivity contribution is 5.95. The van der Waals surface area contributed by atoms with Gasteiger partial charge in [0.25, 0.3) is 5.91 Å². The summed E-state index contributed by atoms with van der Waals surface area (Å²) in [7, 11) is 0. The first-order valence-corrected chi connectivity index (χ1v) is 9.99. The van der Waals surface area contributed by atoms with Crippen LogP contribution in [-0.2, 0) is 0 Å². The third kappa shape index (κ3) is 2.69. The summed E-state index contributed by atoms with van der Waals surface area (Å²) < 4.78 is 14.3. The van der Waals surface area contributed by atoms with Gasteiger partial charge < -0.3 is 4.90 Å². The lowest BCUT2D eigenvalue weighted by molar-refractivity contribution is -0.00353. The Labute approximate surface area is 159 Å². The van der Waals surface area contributed by atoms with Crippen molar-refractivity contribution in [2.75, 3.05) is 19.6 Å². The number of fused-ring (bicyclic) bond motifs is 2. The summed E-state index contributed by atoms with van der Waals surface area (Å²) in [5.74, 6) is 0.270. The van der Waals surface area contributed by atoms with Crippen LogP contribution in [0.1, 0.15) is 40.2 Å². The Morgan fingerprint density at radius 1 is 1.00 bits per heavy atom. The fraction of sp³-hybridized carbons (Fsp3) is 0.435. The molecule has 4 heterocycles. The van der Waals surface area contributed by atoms with Gasteiger partial charge in [0.1, 0.15) is 5.82 Å². The smallest absolute Gasteiger partial charge is 0.257 e. The van der Waals surface area contributed by atoms with Crippen molar-refractivity contribution in [1.82, 2.24) is 9.80 Å². The Morgan fingerprint density at radius 3 is 2.41 bits per heavy atom. The number of aryl methyl sites for hydroxylation is 1. The van der Waals surface area contributed by atoms with E-state index >= 15 is 0 Å². The van der Waals surface area contributed by atoms with Crippen LogP contribution >= 0.6 is 0 Å². The number of nitrogens with zero attached hydrogens (tertiary/aromatic N) is 2. The molecule has 4 saturated heterocycles. The molecule has 4 aliphatic heterocycles. The summed E-state index contributed by atoms with van der Waals surface area (Å²) in [6.07, 6.45) is 2.28. The first-order valence-electron chi connectivity index (χ1n) is 9.99. The molecule has 2 bridgehead atoms. The van der Waals surface area contributed by atoms with Gasteiger partial charge >= 0.3 is 0 Å². The fourth-order valence-corrected chi connectivity index (χ4v) is 5.55. The molecule has 3 atom stereocenters. The molecule has 0 saturated carbocycles. The normalized spacial score (nSPS) is 31.8. The molecule has 4 aliphatic rings. The summed E-state index contributed by atoms with van der Waals surface area (Å²) in [6, 6.07) is 15.7. The number of hydrogen-bond acceptors (Lipinski definition) is 2. The van der Waals surface area contributed by atoms with Crippen molar-refractivity contribution in [3.8, 4) is 0 Å². The van der Waals surface area contributed by atoms with E-state index in [0.717, 1.165) is 25.9 Å². The molecule has 1 amide bonds. The predicted molar refractivity (Wildman–Crippen MR) is 103 cm³/mol. The van der Waals surface area contributed by atoms with Crippen molar-refractivity contribution >= 4 is 5.91 Å². The van der Waals surface area contributed by atoms with Crippen molar-refractivity contribution in [1.29, 1.82) is 0 Å². The number of hydrogen-bond donors (Lipinski definition) is 0. The largest absolute Gasteiger partial charge is 0.333 e. The molecule has 27 heavy (non-hydrogen) atoms. The molecule has 0 N–H and O–H groups in total. The van der Waals surface area contributed by atoms with Gasteiger partial charge in [-0.1, -0.05) is 42.0 Å². The molecular formula is C23H25FN2O. The number of carbonyl (C=O) groups excluding carboxylic acids is 1. The van der Waals surface area contributed by atoms with Crippen LogP contribution in [-0.4, -0.2) is 47.4 Å². The second-order valence-electron chi connectivity index (χ2n) is 8.31. The van der Waals surface area contributed by atoms with E-state index < -0.39 is 5.82 Å². The third-order valence-corrected chi connectivity index (χ3v) is 6.86. The fourth-order valence-electron chi connectivity index (χ4n) is 5.55. The first-order chi connectivity index (χ1) is 13.1. The highest BCUT2D eigenvalue weighted by Gasteiger charge is 2.54. The molecule has 0 aliphatic carbocycles. The summed E-state index contributed by atoms with van der Waals surface area (Å²) in [4.78, 5) is 17.9. The van der Waals surface area contributed by atoms with Crippen LogP contribution in [0.5, 0.6) is 0 Å². The van der Waals surface area contributed by atoms with E-state index in [0.29, 0.717) is 24.4 Å². The molecule has 3 nitrogen and oxygen atoms in total. The van der Waals surface area contributed by atoms with Crippen LogP contribution < -0.4 is 0 Å². The van der Waals surface area contributed by atoms with Gasteiger partial charge in [0, 0.05) is 18.5 Å². The Kier molecular flexibility index (Phi) is 4.05. The number of carbonyl (C=O) groups is 1. The zero-order chi connectivity index (χ0) is 18.5. The number of rotatable bonds is 2. The summed E-state index contributed by atoms with van der Waals surface area (Å²) >= 11 is 0. The minimum atomic E-state index is -0.417. The average Bonchev–Trinajstić information content (AvgIpc) is 3.12. The number of amides is 1. The summed E-state index contributed by atoms with van der Waals surface area (Å²) in [6.45, 7) is 5.02. The zero-order valence-corrected chi connectivity index (χ0v) is 15.6. The van der Waals surface area contributed by atoms with Crippen molar-refractivity contribution in [2.45, 2.75) is 37.8 Å². The number of likely N-dealkylation sites (tertiary alicyclic amines) is 1. The van der Waals surface area contributed by atoms with Gasteiger partial charge in [0.2, 0.25) is 0 Å². The van der Waals surface area contributed by atoms with E-state index in [-0.39, 0.29) is 17.5 Å². The van der Waals surface area contributed by atoms with Crippen molar-refractivity contribution in [3.05, 3.63) is 71.0 Å². The Balaban J connectivity index is 1.53. The predicted octanol–water partition coefficient (Wildman–Crippen LogP) is 3.84. The van der Waals surface area contributed by atoms with Crippen molar-refractivity contribution in [3.63, 3.8) is 0 Å². The summed E-state index contributed by atoms with van der Waals surface area (Å²) in [5.41, 5.74) is 2.75. The Bertz CT molecular complexity index is 857. The Morgan fingerprint density at radius 2 is 1.70 bits per heavy atom. The van der Waals surface area contributed by atoms with E-state index in [2.05, 4.69) is 36.1 Å². The SMILES string of the molecule is Cc1ccc([C@@H]2CN(C(=O)c3ccccc3F)[C@H]3C4CCN(CC4)[C@@H]23)cc1. The van der Waals surface area contributed by atoms with Gasteiger partial charge in [-0.15, -0.1) is 0 Å². The minimum Gasteiger partial charge on any atom is -0.333 e. The number of halogens is 1. The van der Waals surface area contributed by atoms with E-state index in [1.54, 1.807) is 18.2 Å². The standard InChI is InChI=1S/C23H25FN2O/c1-15-6-8-16(9-7-15)19-14-26(23(27)18-4-2-3-5-20(18)24)21-17-10-12-25(13-11-17)22(19)21/h2-9,17,19,21-22H,10-14H2,1H3/t19-,21-,22-/m0/s1. The van der Waals surface area contributed by atoms with Crippen LogP contribution in [0.4, 0.5) is 4.39 Å². The zero-order valence-electron chi connectivity index (χ0n) is 15.6. The molecule has 2 aromatic carbocycles. The van der Waals surface area contributed by atoms with Crippen molar-refractivity contribution in [2.24, 2.45) is 5.92 Å². The van der Waals surface area contributed by atoms with Gasteiger partial charge in [0.15, 0.2) is 0 Å². The molecule has 2 aromatic rings. The minimum absolute atomic E-state index is 0.147. The van der Waals surface area contributed by atoms with E-state index in [1.165, 1.54) is 17.2 Å². The lowest BCUT2D eigenvalue weighted by Gasteiger charge is -2.51. The quantitative estimate of drug-likeness (QED) is 0.808. The second-order valence-corrected chi connectivity index (χ2v) is 8.31. The van der Waals surface area contributed by atoms with Gasteiger partial charge in [-0.2, -0.15) is 0 Å². The number of benzene rings is 2. The van der Waals surface area contributed by atoms with Crippen LogP contribution in [0, 0.1) is 18.7 Å². The number of piperidine rings is 3. The Hall–Kier alpha value is -2.20. The van der Waals surface area contributed by atoms with Gasteiger partial charge in [-0.3, -0.25) is 9.69 Å². The lowest BCUT2D eigenvalue weighted by atomic mass is 9.75. The third-order valence-electron chi connectivity index (χ3n) is 6.86. The topological polar surface area (TPSA) is 23.6 Å². The van der Waals surface area contributed by atoms with Crippen molar-refractivity contribution < 1.29 is 9.18 Å². The highest BCUT2D eigenvalue weighted by atomic mass is 19.1. The summed E-state index contributed by atoms with van der Waals surface area (Å²) in [5, 5.41) is 0. The second kappa shape index (κ2) is 6.45. The monoisotopic (exact) mass is 364 g/mol. The van der Waals surface area contributed by atoms with E-state index in [1.807, 2.05) is 4.90 Å². The van der Waals surface area contributed by atoms with Crippen LogP contribution in [0.3, 0.4) is 0 Å². The van der Waals surface area contributed by atoms with Crippen LogP contribution in [0.2, 0.25) is 0 Å². The van der Waals surface area contributed by atoms with E-state index in [4.69, 9.17) is 0 Å². The van der Waals surface area contributed by atoms with E-state index in [9.17, 15) is 9.18 Å². The molecule has 4 fully saturated rings. The molecule has 4 heteroatoms. The molecule has 140 valence electrons. The first kappa shape index (κ1) is 16.9. The maximum Gasteiger partial charge on any atom is 0.257 e. The molecule has 0 aromatic heterocycles. The molecule has 0 radical (unpaired) electrons. The maximum absolute atomic E-state index is 14.3.